The predicted molar refractivity (Wildman–Crippen MR) is 74.4 cm³/mol. The lowest BCUT2D eigenvalue weighted by Gasteiger charge is -2.05. The van der Waals surface area contributed by atoms with E-state index in [0.717, 1.165) is 5.75 Å². The Hall–Kier alpha value is -1.95. The first kappa shape index (κ1) is 13.5. The van der Waals surface area contributed by atoms with Crippen LogP contribution in [0.1, 0.15) is 18.7 Å². The summed E-state index contributed by atoms with van der Waals surface area (Å²) < 4.78 is 9.50. The fourth-order valence-electron chi connectivity index (χ4n) is 1.47. The molecule has 0 unspecified atom stereocenters. The van der Waals surface area contributed by atoms with Gasteiger partial charge in [-0.1, -0.05) is 18.2 Å². The second kappa shape index (κ2) is 6.84. The Labute approximate surface area is 115 Å². The minimum atomic E-state index is -0.0622. The minimum Gasteiger partial charge on any atom is -0.494 e. The molecule has 2 aromatic rings. The molecule has 6 heteroatoms. The Balaban J connectivity index is 1.64. The molecule has 0 aliphatic carbocycles. The van der Waals surface area contributed by atoms with Crippen LogP contribution in [0.5, 0.6) is 5.75 Å². The largest absolute Gasteiger partial charge is 0.494 e. The van der Waals surface area contributed by atoms with Crippen LogP contribution in [-0.2, 0) is 4.79 Å². The molecule has 0 saturated carbocycles. The summed E-state index contributed by atoms with van der Waals surface area (Å²) in [6, 6.07) is 9.55. The van der Waals surface area contributed by atoms with Crippen LogP contribution in [0, 0.1) is 6.92 Å². The first-order valence-electron chi connectivity index (χ1n) is 6.02. The highest BCUT2D eigenvalue weighted by atomic mass is 32.1. The van der Waals surface area contributed by atoms with E-state index in [0.29, 0.717) is 30.4 Å². The molecule has 0 saturated heterocycles. The summed E-state index contributed by atoms with van der Waals surface area (Å²) in [6.07, 6.45) is 1.07. The Kier molecular flexibility index (Phi) is 4.85. The molecule has 0 atom stereocenters. The SMILES string of the molecule is Cc1nsc(NC(=O)CCCOc2ccccc2)n1. The molecule has 1 aromatic carbocycles. The molecule has 0 spiro atoms. The summed E-state index contributed by atoms with van der Waals surface area (Å²) >= 11 is 1.19. The minimum absolute atomic E-state index is 0.0622. The van der Waals surface area contributed by atoms with Gasteiger partial charge in [-0.3, -0.25) is 4.79 Å². The molecule has 0 radical (unpaired) electrons. The highest BCUT2D eigenvalue weighted by Gasteiger charge is 2.05. The molecule has 0 aliphatic heterocycles. The van der Waals surface area contributed by atoms with Gasteiger partial charge in [0.15, 0.2) is 0 Å². The van der Waals surface area contributed by atoms with Crippen LogP contribution in [0.15, 0.2) is 30.3 Å². The zero-order chi connectivity index (χ0) is 13.5. The van der Waals surface area contributed by atoms with E-state index in [2.05, 4.69) is 14.7 Å². The molecule has 0 bridgehead atoms. The topological polar surface area (TPSA) is 64.1 Å². The average Bonchev–Trinajstić information content (AvgIpc) is 2.81. The molecular weight excluding hydrogens is 262 g/mol. The fraction of sp³-hybridized carbons (Fsp3) is 0.308. The van der Waals surface area contributed by atoms with Crippen molar-refractivity contribution in [1.82, 2.24) is 9.36 Å². The van der Waals surface area contributed by atoms with Crippen LogP contribution in [0.2, 0.25) is 0 Å². The van der Waals surface area contributed by atoms with E-state index >= 15 is 0 Å². The van der Waals surface area contributed by atoms with Crippen molar-refractivity contribution >= 4 is 22.6 Å². The third-order valence-corrected chi connectivity index (χ3v) is 3.06. The standard InChI is InChI=1S/C13H15N3O2S/c1-10-14-13(19-16-10)15-12(17)8-5-9-18-11-6-3-2-4-7-11/h2-4,6-7H,5,8-9H2,1H3,(H,14,15,16,17). The van der Waals surface area contributed by atoms with Gasteiger partial charge in [0.1, 0.15) is 11.6 Å². The van der Waals surface area contributed by atoms with Crippen molar-refractivity contribution in [3.63, 3.8) is 0 Å². The molecule has 1 heterocycles. The third-order valence-electron chi connectivity index (χ3n) is 2.33. The lowest BCUT2D eigenvalue weighted by Crippen LogP contribution is -2.12. The monoisotopic (exact) mass is 277 g/mol. The number of rotatable bonds is 6. The molecule has 2 rings (SSSR count). The number of para-hydroxylation sites is 1. The number of amides is 1. The number of anilines is 1. The van der Waals surface area contributed by atoms with Gasteiger partial charge in [-0.15, -0.1) is 0 Å². The van der Waals surface area contributed by atoms with Gasteiger partial charge in [0.05, 0.1) is 6.61 Å². The number of aromatic nitrogens is 2. The summed E-state index contributed by atoms with van der Waals surface area (Å²) in [6.45, 7) is 2.31. The second-order valence-corrected chi connectivity index (χ2v) is 4.71. The Morgan fingerprint density at radius 2 is 2.16 bits per heavy atom. The number of nitrogens with zero attached hydrogens (tertiary/aromatic N) is 2. The highest BCUT2D eigenvalue weighted by Crippen LogP contribution is 2.11. The molecular formula is C13H15N3O2S. The van der Waals surface area contributed by atoms with Crippen molar-refractivity contribution in [3.05, 3.63) is 36.2 Å². The second-order valence-electron chi connectivity index (χ2n) is 3.96. The van der Waals surface area contributed by atoms with Gasteiger partial charge in [-0.05, 0) is 25.5 Å². The van der Waals surface area contributed by atoms with Crippen molar-refractivity contribution in [2.45, 2.75) is 19.8 Å². The normalized spacial score (nSPS) is 10.2. The summed E-state index contributed by atoms with van der Waals surface area (Å²) in [5.41, 5.74) is 0. The van der Waals surface area contributed by atoms with Gasteiger partial charge >= 0.3 is 0 Å². The van der Waals surface area contributed by atoms with E-state index < -0.39 is 0 Å². The molecule has 1 N–H and O–H groups in total. The lowest BCUT2D eigenvalue weighted by molar-refractivity contribution is -0.116. The zero-order valence-corrected chi connectivity index (χ0v) is 11.4. The summed E-state index contributed by atoms with van der Waals surface area (Å²) in [5.74, 6) is 1.43. The van der Waals surface area contributed by atoms with Gasteiger partial charge in [-0.25, -0.2) is 4.98 Å². The molecule has 0 aliphatic rings. The van der Waals surface area contributed by atoms with E-state index in [1.165, 1.54) is 11.5 Å². The quantitative estimate of drug-likeness (QED) is 0.824. The van der Waals surface area contributed by atoms with E-state index in [1.54, 1.807) is 6.92 Å². The first-order valence-corrected chi connectivity index (χ1v) is 6.79. The van der Waals surface area contributed by atoms with Crippen molar-refractivity contribution in [3.8, 4) is 5.75 Å². The number of aryl methyl sites for hydroxylation is 1. The van der Waals surface area contributed by atoms with Crippen LogP contribution >= 0.6 is 11.5 Å². The van der Waals surface area contributed by atoms with E-state index in [1.807, 2.05) is 30.3 Å². The molecule has 1 aromatic heterocycles. The average molecular weight is 277 g/mol. The predicted octanol–water partition coefficient (Wildman–Crippen LogP) is 2.64. The van der Waals surface area contributed by atoms with Crippen molar-refractivity contribution < 1.29 is 9.53 Å². The van der Waals surface area contributed by atoms with Crippen LogP contribution in [0.4, 0.5) is 5.13 Å². The number of carbonyl (C=O) groups excluding carboxylic acids is 1. The first-order chi connectivity index (χ1) is 9.24. The van der Waals surface area contributed by atoms with Crippen LogP contribution in [0.25, 0.3) is 0 Å². The van der Waals surface area contributed by atoms with Gasteiger partial charge in [0, 0.05) is 18.0 Å². The summed E-state index contributed by atoms with van der Waals surface area (Å²) in [7, 11) is 0. The number of hydrogen-bond acceptors (Lipinski definition) is 5. The van der Waals surface area contributed by atoms with Gasteiger partial charge in [0.2, 0.25) is 11.0 Å². The maximum atomic E-state index is 11.6. The Morgan fingerprint density at radius 3 is 2.84 bits per heavy atom. The summed E-state index contributed by atoms with van der Waals surface area (Å²) in [5, 5.41) is 3.26. The maximum Gasteiger partial charge on any atom is 0.226 e. The van der Waals surface area contributed by atoms with Gasteiger partial charge in [-0.2, -0.15) is 4.37 Å². The van der Waals surface area contributed by atoms with Gasteiger partial charge < -0.3 is 10.1 Å². The van der Waals surface area contributed by atoms with Gasteiger partial charge in [0.25, 0.3) is 0 Å². The number of benzene rings is 1. The van der Waals surface area contributed by atoms with Crippen LogP contribution < -0.4 is 10.1 Å². The van der Waals surface area contributed by atoms with Crippen molar-refractivity contribution in [2.75, 3.05) is 11.9 Å². The molecule has 19 heavy (non-hydrogen) atoms. The van der Waals surface area contributed by atoms with Crippen molar-refractivity contribution in [1.29, 1.82) is 0 Å². The number of nitrogens with one attached hydrogen (secondary N) is 1. The Morgan fingerprint density at radius 1 is 1.37 bits per heavy atom. The summed E-state index contributed by atoms with van der Waals surface area (Å²) in [4.78, 5) is 15.7. The molecule has 1 amide bonds. The highest BCUT2D eigenvalue weighted by molar-refractivity contribution is 7.09. The van der Waals surface area contributed by atoms with Crippen LogP contribution in [0.3, 0.4) is 0 Å². The molecule has 5 nitrogen and oxygen atoms in total. The smallest absolute Gasteiger partial charge is 0.226 e. The number of carbonyl (C=O) groups is 1. The number of ether oxygens (including phenoxy) is 1. The van der Waals surface area contributed by atoms with E-state index in [4.69, 9.17) is 4.74 Å². The molecule has 0 fully saturated rings. The lowest BCUT2D eigenvalue weighted by atomic mass is 10.3. The maximum absolute atomic E-state index is 11.6. The van der Waals surface area contributed by atoms with E-state index in [-0.39, 0.29) is 5.91 Å². The van der Waals surface area contributed by atoms with Crippen molar-refractivity contribution in [2.24, 2.45) is 0 Å². The third kappa shape index (κ3) is 4.67. The Bertz CT molecular complexity index is 528. The number of hydrogen-bond donors (Lipinski definition) is 1. The van der Waals surface area contributed by atoms with Crippen LogP contribution in [-0.4, -0.2) is 21.9 Å². The van der Waals surface area contributed by atoms with E-state index in [9.17, 15) is 4.79 Å². The fourth-order valence-corrected chi connectivity index (χ4v) is 2.06. The zero-order valence-electron chi connectivity index (χ0n) is 10.6. The molecule has 100 valence electrons.